The Bertz CT molecular complexity index is 787. The molecule has 22 heavy (non-hydrogen) atoms. The van der Waals surface area contributed by atoms with Crippen molar-refractivity contribution in [3.05, 3.63) is 59.4 Å². The monoisotopic (exact) mass is 294 g/mol. The van der Waals surface area contributed by atoms with Crippen molar-refractivity contribution in [1.29, 1.82) is 0 Å². The van der Waals surface area contributed by atoms with Crippen LogP contribution in [0.1, 0.15) is 43.3 Å². The molecule has 1 unspecified atom stereocenters. The molecule has 2 heterocycles. The molecule has 0 aliphatic heterocycles. The maximum absolute atomic E-state index is 10.5. The van der Waals surface area contributed by atoms with Crippen molar-refractivity contribution in [1.82, 2.24) is 9.38 Å². The van der Waals surface area contributed by atoms with Crippen LogP contribution < -0.4 is 0 Å². The molecule has 2 aromatic heterocycles. The predicted octanol–water partition coefficient (Wildman–Crippen LogP) is 4.32. The summed E-state index contributed by atoms with van der Waals surface area (Å²) in [6, 6.07) is 14.5. The van der Waals surface area contributed by atoms with Gasteiger partial charge in [-0.2, -0.15) is 0 Å². The van der Waals surface area contributed by atoms with E-state index in [4.69, 9.17) is 4.98 Å². The molecule has 3 heteroatoms. The second-order valence-corrected chi connectivity index (χ2v) is 5.68. The smallest absolute Gasteiger partial charge is 0.137 e. The Morgan fingerprint density at radius 2 is 1.82 bits per heavy atom. The lowest BCUT2D eigenvalue weighted by atomic mass is 10.0. The number of rotatable bonds is 4. The Labute approximate surface area is 131 Å². The first-order chi connectivity index (χ1) is 10.7. The van der Waals surface area contributed by atoms with Crippen molar-refractivity contribution in [2.75, 3.05) is 0 Å². The summed E-state index contributed by atoms with van der Waals surface area (Å²) in [6.45, 7) is 6.19. The lowest BCUT2D eigenvalue weighted by Gasteiger charge is -2.12. The minimum Gasteiger partial charge on any atom is -0.387 e. The van der Waals surface area contributed by atoms with Crippen molar-refractivity contribution in [2.24, 2.45) is 0 Å². The van der Waals surface area contributed by atoms with Gasteiger partial charge in [-0.3, -0.25) is 4.40 Å². The number of fused-ring (bicyclic) bond motifs is 1. The fourth-order valence-corrected chi connectivity index (χ4v) is 2.89. The van der Waals surface area contributed by atoms with Crippen LogP contribution in [0, 0.1) is 6.92 Å². The molecule has 0 aliphatic carbocycles. The predicted molar refractivity (Wildman–Crippen MR) is 90.0 cm³/mol. The Balaban J connectivity index is 2.25. The third kappa shape index (κ3) is 2.42. The van der Waals surface area contributed by atoms with E-state index in [1.807, 2.05) is 32.0 Å². The third-order valence-corrected chi connectivity index (χ3v) is 4.21. The van der Waals surface area contributed by atoms with Gasteiger partial charge in [-0.1, -0.05) is 44.2 Å². The van der Waals surface area contributed by atoms with Crippen LogP contribution in [0.3, 0.4) is 0 Å². The molecule has 3 rings (SSSR count). The number of imidazole rings is 1. The fourth-order valence-electron chi connectivity index (χ4n) is 2.89. The number of hydrogen-bond donors (Lipinski definition) is 1. The van der Waals surface area contributed by atoms with E-state index in [1.54, 1.807) is 0 Å². The first kappa shape index (κ1) is 14.8. The van der Waals surface area contributed by atoms with Crippen molar-refractivity contribution in [3.8, 4) is 11.3 Å². The molecule has 0 saturated heterocycles. The minimum atomic E-state index is -0.517. The van der Waals surface area contributed by atoms with Crippen LogP contribution in [0.2, 0.25) is 0 Å². The van der Waals surface area contributed by atoms with E-state index in [0.717, 1.165) is 34.7 Å². The molecule has 0 spiro atoms. The summed E-state index contributed by atoms with van der Waals surface area (Å²) in [7, 11) is 0. The first-order valence-corrected chi connectivity index (χ1v) is 7.91. The SMILES string of the molecule is CCc1ccc(-c2nc3cccc(C)n3c2C(O)CC)cc1. The summed E-state index contributed by atoms with van der Waals surface area (Å²) in [5.74, 6) is 0. The average Bonchev–Trinajstić information content (AvgIpc) is 2.95. The number of aryl methyl sites for hydroxylation is 2. The van der Waals surface area contributed by atoms with E-state index in [1.165, 1.54) is 5.56 Å². The van der Waals surface area contributed by atoms with Crippen LogP contribution >= 0.6 is 0 Å². The number of aromatic nitrogens is 2. The summed E-state index contributed by atoms with van der Waals surface area (Å²) in [6.07, 6.45) is 1.17. The van der Waals surface area contributed by atoms with Crippen molar-refractivity contribution in [3.63, 3.8) is 0 Å². The van der Waals surface area contributed by atoms with Gasteiger partial charge in [0.25, 0.3) is 0 Å². The second kappa shape index (κ2) is 5.93. The molecule has 0 saturated carbocycles. The van der Waals surface area contributed by atoms with E-state index in [0.29, 0.717) is 6.42 Å². The van der Waals surface area contributed by atoms with E-state index in [2.05, 4.69) is 35.6 Å². The highest BCUT2D eigenvalue weighted by molar-refractivity contribution is 5.67. The van der Waals surface area contributed by atoms with E-state index >= 15 is 0 Å². The summed E-state index contributed by atoms with van der Waals surface area (Å²) < 4.78 is 2.07. The highest BCUT2D eigenvalue weighted by Crippen LogP contribution is 2.31. The van der Waals surface area contributed by atoms with Crippen LogP contribution in [0.15, 0.2) is 42.5 Å². The van der Waals surface area contributed by atoms with Crippen molar-refractivity contribution >= 4 is 5.65 Å². The maximum atomic E-state index is 10.5. The molecular weight excluding hydrogens is 272 g/mol. The van der Waals surface area contributed by atoms with Crippen LogP contribution in [0.25, 0.3) is 16.9 Å². The van der Waals surface area contributed by atoms with Gasteiger partial charge in [0.05, 0.1) is 17.5 Å². The number of aliphatic hydroxyl groups excluding tert-OH is 1. The van der Waals surface area contributed by atoms with Crippen molar-refractivity contribution in [2.45, 2.75) is 39.7 Å². The first-order valence-electron chi connectivity index (χ1n) is 7.91. The summed E-state index contributed by atoms with van der Waals surface area (Å²) >= 11 is 0. The molecule has 0 radical (unpaired) electrons. The number of pyridine rings is 1. The molecule has 1 N–H and O–H groups in total. The Morgan fingerprint density at radius 3 is 2.45 bits per heavy atom. The molecule has 1 atom stereocenters. The average molecular weight is 294 g/mol. The van der Waals surface area contributed by atoms with Gasteiger partial charge in [0.1, 0.15) is 5.65 Å². The molecule has 114 valence electrons. The van der Waals surface area contributed by atoms with Gasteiger partial charge in [-0.15, -0.1) is 0 Å². The van der Waals surface area contributed by atoms with E-state index in [9.17, 15) is 5.11 Å². The van der Waals surface area contributed by atoms with E-state index in [-0.39, 0.29) is 0 Å². The molecule has 0 amide bonds. The topological polar surface area (TPSA) is 37.5 Å². The van der Waals surface area contributed by atoms with E-state index < -0.39 is 6.10 Å². The van der Waals surface area contributed by atoms with Gasteiger partial charge in [0.2, 0.25) is 0 Å². The summed E-state index contributed by atoms with van der Waals surface area (Å²) in [5, 5.41) is 10.5. The Kier molecular flexibility index (Phi) is 3.99. The highest BCUT2D eigenvalue weighted by Gasteiger charge is 2.20. The maximum Gasteiger partial charge on any atom is 0.137 e. The van der Waals surface area contributed by atoms with Crippen LogP contribution in [0.4, 0.5) is 0 Å². The summed E-state index contributed by atoms with van der Waals surface area (Å²) in [4.78, 5) is 4.77. The van der Waals surface area contributed by atoms with Gasteiger partial charge < -0.3 is 5.11 Å². The number of hydrogen-bond acceptors (Lipinski definition) is 2. The molecule has 1 aromatic carbocycles. The van der Waals surface area contributed by atoms with Gasteiger partial charge in [0.15, 0.2) is 0 Å². The minimum absolute atomic E-state index is 0.517. The Morgan fingerprint density at radius 1 is 1.09 bits per heavy atom. The van der Waals surface area contributed by atoms with Crippen molar-refractivity contribution < 1.29 is 5.11 Å². The molecule has 3 aromatic rings. The zero-order chi connectivity index (χ0) is 15.7. The molecule has 0 aliphatic rings. The summed E-state index contributed by atoms with van der Waals surface area (Å²) in [5.41, 5.74) is 6.11. The highest BCUT2D eigenvalue weighted by atomic mass is 16.3. The van der Waals surface area contributed by atoms with Crippen LogP contribution in [-0.2, 0) is 6.42 Å². The Hall–Kier alpha value is -2.13. The largest absolute Gasteiger partial charge is 0.387 e. The van der Waals surface area contributed by atoms with Gasteiger partial charge in [0, 0.05) is 11.3 Å². The second-order valence-electron chi connectivity index (χ2n) is 5.68. The standard InChI is InChI=1S/C19H22N2O/c1-4-14-9-11-15(12-10-14)18-19(16(22)5-2)21-13(3)7-6-8-17(21)20-18/h6-12,16,22H,4-5H2,1-3H3. The number of aliphatic hydroxyl groups is 1. The normalized spacial score (nSPS) is 12.7. The zero-order valence-electron chi connectivity index (χ0n) is 13.4. The quantitative estimate of drug-likeness (QED) is 0.778. The van der Waals surface area contributed by atoms with Crippen LogP contribution in [0.5, 0.6) is 0 Å². The van der Waals surface area contributed by atoms with Gasteiger partial charge >= 0.3 is 0 Å². The zero-order valence-corrected chi connectivity index (χ0v) is 13.4. The molecular formula is C19H22N2O. The lowest BCUT2D eigenvalue weighted by Crippen LogP contribution is -2.04. The number of benzene rings is 1. The molecule has 0 bridgehead atoms. The van der Waals surface area contributed by atoms with Gasteiger partial charge in [-0.05, 0) is 37.5 Å². The lowest BCUT2D eigenvalue weighted by molar-refractivity contribution is 0.168. The van der Waals surface area contributed by atoms with Gasteiger partial charge in [-0.25, -0.2) is 4.98 Å². The van der Waals surface area contributed by atoms with Crippen LogP contribution in [-0.4, -0.2) is 14.5 Å². The third-order valence-electron chi connectivity index (χ3n) is 4.21. The molecule has 0 fully saturated rings. The fraction of sp³-hybridized carbons (Fsp3) is 0.316. The number of nitrogens with zero attached hydrogens (tertiary/aromatic N) is 2. The molecule has 3 nitrogen and oxygen atoms in total.